The number of H-pyrrole nitrogens is 2. The molecule has 0 saturated heterocycles. The van der Waals surface area contributed by atoms with Crippen LogP contribution in [0.25, 0.3) is 0 Å². The lowest BCUT2D eigenvalue weighted by molar-refractivity contribution is -0.140. The van der Waals surface area contributed by atoms with Crippen molar-refractivity contribution < 1.29 is 19.4 Å². The summed E-state index contributed by atoms with van der Waals surface area (Å²) in [4.78, 5) is 24.7. The molecule has 3 rings (SSSR count). The monoisotopic (exact) mass is 382 g/mol. The third-order valence-electron chi connectivity index (χ3n) is 4.67. The highest BCUT2D eigenvalue weighted by atomic mass is 16.5. The van der Waals surface area contributed by atoms with E-state index in [1.54, 1.807) is 12.1 Å². The number of aromatic hydroxyl groups is 1. The molecule has 0 spiro atoms. The van der Waals surface area contributed by atoms with Crippen LogP contribution in [0.3, 0.4) is 0 Å². The van der Waals surface area contributed by atoms with E-state index in [9.17, 15) is 14.7 Å². The highest BCUT2D eigenvalue weighted by Gasteiger charge is 2.26. The van der Waals surface area contributed by atoms with Gasteiger partial charge < -0.3 is 19.7 Å². The Kier molecular flexibility index (Phi) is 5.84. The number of hydrogen-bond donors (Lipinski definition) is 3. The van der Waals surface area contributed by atoms with Crippen molar-refractivity contribution in [2.24, 2.45) is 0 Å². The number of aromatic amines is 2. The molecule has 1 atom stereocenters. The average molecular weight is 382 g/mol. The molecule has 0 aliphatic carbocycles. The lowest BCUT2D eigenvalue weighted by Gasteiger charge is -2.17. The van der Waals surface area contributed by atoms with Gasteiger partial charge >= 0.3 is 5.97 Å². The van der Waals surface area contributed by atoms with E-state index in [1.807, 2.05) is 30.3 Å². The summed E-state index contributed by atoms with van der Waals surface area (Å²) in [6.45, 7) is 0. The van der Waals surface area contributed by atoms with Gasteiger partial charge in [0, 0.05) is 23.6 Å². The van der Waals surface area contributed by atoms with Crippen LogP contribution in [-0.4, -0.2) is 35.5 Å². The molecule has 0 saturated carbocycles. The van der Waals surface area contributed by atoms with Gasteiger partial charge in [0.1, 0.15) is 0 Å². The van der Waals surface area contributed by atoms with Gasteiger partial charge in [0.05, 0.1) is 20.6 Å². The number of carbonyl (C=O) groups excluding carboxylic acids is 1. The van der Waals surface area contributed by atoms with Crippen molar-refractivity contribution in [2.75, 3.05) is 14.2 Å². The van der Waals surface area contributed by atoms with Crippen LogP contribution < -0.4 is 10.3 Å². The van der Waals surface area contributed by atoms with Crippen molar-refractivity contribution in [1.29, 1.82) is 0 Å². The van der Waals surface area contributed by atoms with Crippen LogP contribution in [0, 0.1) is 0 Å². The van der Waals surface area contributed by atoms with Crippen molar-refractivity contribution in [2.45, 2.75) is 18.8 Å². The zero-order valence-corrected chi connectivity index (χ0v) is 15.7. The number of hydrogen-bond acceptors (Lipinski definition) is 5. The third-order valence-corrected chi connectivity index (χ3v) is 4.67. The fourth-order valence-electron chi connectivity index (χ4n) is 3.26. The molecule has 7 nitrogen and oxygen atoms in total. The summed E-state index contributed by atoms with van der Waals surface area (Å²) >= 11 is 0. The topological polar surface area (TPSA) is 104 Å². The Morgan fingerprint density at radius 2 is 1.86 bits per heavy atom. The largest absolute Gasteiger partial charge is 0.504 e. The summed E-state index contributed by atoms with van der Waals surface area (Å²) in [7, 11) is 2.75. The standard InChI is InChI=1S/C21H22N2O5/c1-27-18-11-14(8-9-17(18)24)15(12-19(25)28-2)20-16(22-23-21(20)26)10-13-6-4-3-5-7-13/h3-9,11,15,24H,10,12H2,1-2H3,(H2,22,23,26)/t15-/m0/s1. The Balaban J connectivity index is 2.07. The molecule has 0 aliphatic rings. The van der Waals surface area contributed by atoms with E-state index >= 15 is 0 Å². The molecule has 0 amide bonds. The maximum Gasteiger partial charge on any atom is 0.306 e. The fraction of sp³-hybridized carbons (Fsp3) is 0.238. The van der Waals surface area contributed by atoms with Gasteiger partial charge in [0.2, 0.25) is 0 Å². The molecular formula is C21H22N2O5. The summed E-state index contributed by atoms with van der Waals surface area (Å²) in [5.41, 5.74) is 2.55. The summed E-state index contributed by atoms with van der Waals surface area (Å²) in [6.07, 6.45) is 0.481. The number of ether oxygens (including phenoxy) is 2. The van der Waals surface area contributed by atoms with E-state index < -0.39 is 11.9 Å². The Bertz CT molecular complexity index is 1010. The van der Waals surface area contributed by atoms with Crippen molar-refractivity contribution in [3.05, 3.63) is 81.3 Å². The first-order valence-electron chi connectivity index (χ1n) is 8.80. The van der Waals surface area contributed by atoms with Gasteiger partial charge in [-0.2, -0.15) is 0 Å². The van der Waals surface area contributed by atoms with Crippen molar-refractivity contribution in [1.82, 2.24) is 10.2 Å². The number of nitrogens with one attached hydrogen (secondary N) is 2. The molecule has 2 aromatic carbocycles. The highest BCUT2D eigenvalue weighted by Crippen LogP contribution is 2.34. The normalized spacial score (nSPS) is 11.8. The molecule has 0 unspecified atom stereocenters. The number of phenols is 1. The van der Waals surface area contributed by atoms with Crippen molar-refractivity contribution >= 4 is 5.97 Å². The molecule has 146 valence electrons. The second-order valence-electron chi connectivity index (χ2n) is 6.40. The van der Waals surface area contributed by atoms with E-state index in [0.717, 1.165) is 5.56 Å². The molecule has 3 aromatic rings. The van der Waals surface area contributed by atoms with Gasteiger partial charge in [-0.3, -0.25) is 14.7 Å². The predicted molar refractivity (Wildman–Crippen MR) is 104 cm³/mol. The van der Waals surface area contributed by atoms with Crippen LogP contribution in [0.4, 0.5) is 0 Å². The lowest BCUT2D eigenvalue weighted by Crippen LogP contribution is -2.18. The zero-order valence-electron chi connectivity index (χ0n) is 15.7. The fourth-order valence-corrected chi connectivity index (χ4v) is 3.26. The molecule has 28 heavy (non-hydrogen) atoms. The number of benzene rings is 2. The Morgan fingerprint density at radius 1 is 1.11 bits per heavy atom. The first kappa shape index (κ1) is 19.3. The summed E-state index contributed by atoms with van der Waals surface area (Å²) < 4.78 is 10.0. The Hall–Kier alpha value is -3.48. The van der Waals surface area contributed by atoms with E-state index in [4.69, 9.17) is 9.47 Å². The molecule has 7 heteroatoms. The quantitative estimate of drug-likeness (QED) is 0.545. The Morgan fingerprint density at radius 3 is 2.54 bits per heavy atom. The number of carbonyl (C=O) groups is 1. The van der Waals surface area contributed by atoms with Gasteiger partial charge in [-0.15, -0.1) is 0 Å². The maximum atomic E-state index is 12.6. The van der Waals surface area contributed by atoms with Crippen LogP contribution in [0.15, 0.2) is 53.3 Å². The lowest BCUT2D eigenvalue weighted by atomic mass is 9.87. The van der Waals surface area contributed by atoms with Gasteiger partial charge in [0.15, 0.2) is 11.5 Å². The number of phenolic OH excluding ortho intramolecular Hbond substituents is 1. The highest BCUT2D eigenvalue weighted by molar-refractivity contribution is 5.71. The Labute approximate surface area is 161 Å². The van der Waals surface area contributed by atoms with Crippen LogP contribution in [0.2, 0.25) is 0 Å². The van der Waals surface area contributed by atoms with Crippen LogP contribution in [0.5, 0.6) is 11.5 Å². The number of aromatic nitrogens is 2. The molecule has 1 heterocycles. The number of methoxy groups -OCH3 is 2. The first-order valence-corrected chi connectivity index (χ1v) is 8.80. The third kappa shape index (κ3) is 4.09. The summed E-state index contributed by atoms with van der Waals surface area (Å²) in [5.74, 6) is -0.751. The molecule has 3 N–H and O–H groups in total. The van der Waals surface area contributed by atoms with Crippen molar-refractivity contribution in [3.8, 4) is 11.5 Å². The first-order chi connectivity index (χ1) is 13.5. The van der Waals surface area contributed by atoms with E-state index in [1.165, 1.54) is 20.3 Å². The predicted octanol–water partition coefficient (Wildman–Crippen LogP) is 2.70. The van der Waals surface area contributed by atoms with Gasteiger partial charge in [-0.1, -0.05) is 36.4 Å². The van der Waals surface area contributed by atoms with E-state index in [-0.39, 0.29) is 23.5 Å². The smallest absolute Gasteiger partial charge is 0.306 e. The second kappa shape index (κ2) is 8.47. The minimum atomic E-state index is -0.560. The number of esters is 1. The van der Waals surface area contributed by atoms with Crippen LogP contribution in [-0.2, 0) is 16.0 Å². The van der Waals surface area contributed by atoms with Crippen molar-refractivity contribution in [3.63, 3.8) is 0 Å². The van der Waals surface area contributed by atoms with E-state index in [0.29, 0.717) is 23.2 Å². The summed E-state index contributed by atoms with van der Waals surface area (Å²) in [6, 6.07) is 14.5. The SMILES string of the molecule is COC(=O)C[C@@H](c1ccc(O)c(OC)c1)c1c(Cc2ccccc2)[nH][nH]c1=O. The molecule has 0 aliphatic heterocycles. The molecule has 0 radical (unpaired) electrons. The molecular weight excluding hydrogens is 360 g/mol. The molecule has 0 bridgehead atoms. The maximum absolute atomic E-state index is 12.6. The summed E-state index contributed by atoms with van der Waals surface area (Å²) in [5, 5.41) is 15.4. The van der Waals surface area contributed by atoms with Gasteiger partial charge in [-0.25, -0.2) is 0 Å². The van der Waals surface area contributed by atoms with E-state index in [2.05, 4.69) is 10.2 Å². The molecule has 1 aromatic heterocycles. The average Bonchev–Trinajstić information content (AvgIpc) is 3.07. The minimum Gasteiger partial charge on any atom is -0.504 e. The van der Waals surface area contributed by atoms with Gasteiger partial charge in [-0.05, 0) is 23.3 Å². The van der Waals surface area contributed by atoms with Crippen LogP contribution in [0.1, 0.15) is 34.7 Å². The van der Waals surface area contributed by atoms with Crippen LogP contribution >= 0.6 is 0 Å². The number of rotatable bonds is 7. The zero-order chi connectivity index (χ0) is 20.1. The molecule has 0 fully saturated rings. The van der Waals surface area contributed by atoms with Gasteiger partial charge in [0.25, 0.3) is 5.56 Å². The second-order valence-corrected chi connectivity index (χ2v) is 6.40. The minimum absolute atomic E-state index is 0.0180.